The second-order valence-electron chi connectivity index (χ2n) is 3.54. The maximum atomic E-state index is 11.8. The molecule has 100 valence electrons. The molecule has 8 heteroatoms. The molecule has 0 fully saturated rings. The van der Waals surface area contributed by atoms with Gasteiger partial charge in [0.05, 0.1) is 31.6 Å². The highest BCUT2D eigenvalue weighted by atomic mass is 19.3. The minimum absolute atomic E-state index is 0.0186. The van der Waals surface area contributed by atoms with Crippen molar-refractivity contribution in [3.05, 3.63) is 11.7 Å². The Bertz CT molecular complexity index is 392. The van der Waals surface area contributed by atoms with Gasteiger partial charge in [0.1, 0.15) is 6.61 Å². The molecule has 1 unspecified atom stereocenters. The average Bonchev–Trinajstić information content (AvgIpc) is 2.72. The number of nitriles is 1. The van der Waals surface area contributed by atoms with Crippen molar-refractivity contribution in [2.24, 2.45) is 0 Å². The number of aromatic nitrogens is 2. The maximum absolute atomic E-state index is 11.8. The molecule has 1 heterocycles. The molecule has 1 aromatic rings. The van der Waals surface area contributed by atoms with E-state index in [9.17, 15) is 13.9 Å². The number of ether oxygens (including phenoxy) is 1. The number of aliphatic hydroxyl groups is 1. The lowest BCUT2D eigenvalue weighted by Crippen LogP contribution is -2.10. The SMILES string of the molecule is N#CCC(O)Cc1nc(CCOCC(F)F)no1. The van der Waals surface area contributed by atoms with E-state index in [4.69, 9.17) is 9.78 Å². The number of halogens is 2. The molecule has 0 amide bonds. The molecule has 0 saturated carbocycles. The third kappa shape index (κ3) is 5.65. The molecule has 1 rings (SSSR count). The molecular formula is C10H13F2N3O3. The molecule has 6 nitrogen and oxygen atoms in total. The molecule has 0 aliphatic rings. The fourth-order valence-electron chi connectivity index (χ4n) is 1.19. The zero-order valence-electron chi connectivity index (χ0n) is 9.55. The third-order valence-corrected chi connectivity index (χ3v) is 1.96. The maximum Gasteiger partial charge on any atom is 0.261 e. The number of alkyl halides is 2. The summed E-state index contributed by atoms with van der Waals surface area (Å²) in [6, 6.07) is 1.82. The van der Waals surface area contributed by atoms with E-state index in [2.05, 4.69) is 14.9 Å². The number of rotatable bonds is 8. The second-order valence-corrected chi connectivity index (χ2v) is 3.54. The molecule has 0 radical (unpaired) electrons. The van der Waals surface area contributed by atoms with Gasteiger partial charge in [0, 0.05) is 6.42 Å². The molecule has 18 heavy (non-hydrogen) atoms. The van der Waals surface area contributed by atoms with Gasteiger partial charge in [-0.2, -0.15) is 10.2 Å². The Morgan fingerprint density at radius 2 is 2.28 bits per heavy atom. The molecule has 0 aliphatic carbocycles. The van der Waals surface area contributed by atoms with E-state index >= 15 is 0 Å². The molecule has 0 bridgehead atoms. The Kier molecular flexibility index (Phi) is 6.18. The molecule has 0 saturated heterocycles. The number of aliphatic hydroxyl groups excluding tert-OH is 1. The van der Waals surface area contributed by atoms with Crippen LogP contribution in [-0.2, 0) is 17.6 Å². The first-order chi connectivity index (χ1) is 8.61. The van der Waals surface area contributed by atoms with Crippen molar-refractivity contribution in [1.82, 2.24) is 10.1 Å². The molecule has 1 aromatic heterocycles. The monoisotopic (exact) mass is 261 g/mol. The predicted molar refractivity (Wildman–Crippen MR) is 54.8 cm³/mol. The molecule has 1 N–H and O–H groups in total. The largest absolute Gasteiger partial charge is 0.392 e. The lowest BCUT2D eigenvalue weighted by molar-refractivity contribution is 0.0182. The van der Waals surface area contributed by atoms with Crippen LogP contribution < -0.4 is 0 Å². The summed E-state index contributed by atoms with van der Waals surface area (Å²) >= 11 is 0. The summed E-state index contributed by atoms with van der Waals surface area (Å²) in [5.41, 5.74) is 0. The van der Waals surface area contributed by atoms with Crippen LogP contribution in [0, 0.1) is 11.3 Å². The fraction of sp³-hybridized carbons (Fsp3) is 0.700. The standard InChI is InChI=1S/C10H13F2N3O3/c11-8(12)6-17-4-2-9-14-10(18-15-9)5-7(16)1-3-13/h7-8,16H,1-2,4-6H2. The lowest BCUT2D eigenvalue weighted by Gasteiger charge is -2.00. The summed E-state index contributed by atoms with van der Waals surface area (Å²) in [7, 11) is 0. The van der Waals surface area contributed by atoms with Gasteiger partial charge in [0.2, 0.25) is 5.89 Å². The zero-order valence-corrected chi connectivity index (χ0v) is 9.55. The first-order valence-electron chi connectivity index (χ1n) is 5.34. The Hall–Kier alpha value is -1.59. The van der Waals surface area contributed by atoms with Crippen LogP contribution in [0.1, 0.15) is 18.1 Å². The van der Waals surface area contributed by atoms with E-state index in [0.717, 1.165) is 0 Å². The number of nitrogens with zero attached hydrogens (tertiary/aromatic N) is 3. The van der Waals surface area contributed by atoms with Gasteiger partial charge in [0.15, 0.2) is 5.82 Å². The van der Waals surface area contributed by atoms with E-state index in [1.165, 1.54) is 0 Å². The average molecular weight is 261 g/mol. The van der Waals surface area contributed by atoms with Crippen molar-refractivity contribution in [2.45, 2.75) is 31.8 Å². The van der Waals surface area contributed by atoms with Crippen molar-refractivity contribution in [1.29, 1.82) is 5.26 Å². The summed E-state index contributed by atoms with van der Waals surface area (Å²) in [6.45, 7) is -0.546. The Morgan fingerprint density at radius 1 is 1.50 bits per heavy atom. The minimum atomic E-state index is -2.49. The van der Waals surface area contributed by atoms with Crippen molar-refractivity contribution < 1.29 is 23.1 Å². The first-order valence-corrected chi connectivity index (χ1v) is 5.34. The van der Waals surface area contributed by atoms with Gasteiger partial charge in [-0.25, -0.2) is 8.78 Å². The highest BCUT2D eigenvalue weighted by Crippen LogP contribution is 2.04. The normalized spacial score (nSPS) is 12.6. The van der Waals surface area contributed by atoms with Crippen molar-refractivity contribution in [3.63, 3.8) is 0 Å². The van der Waals surface area contributed by atoms with Gasteiger partial charge in [-0.1, -0.05) is 5.16 Å². The zero-order chi connectivity index (χ0) is 13.4. The summed E-state index contributed by atoms with van der Waals surface area (Å²) in [5.74, 6) is 0.532. The summed E-state index contributed by atoms with van der Waals surface area (Å²) < 4.78 is 33.0. The fourth-order valence-corrected chi connectivity index (χ4v) is 1.19. The minimum Gasteiger partial charge on any atom is -0.392 e. The quantitative estimate of drug-likeness (QED) is 0.693. The van der Waals surface area contributed by atoms with Gasteiger partial charge < -0.3 is 14.4 Å². The molecule has 0 aromatic carbocycles. The van der Waals surface area contributed by atoms with Gasteiger partial charge in [-0.3, -0.25) is 0 Å². The van der Waals surface area contributed by atoms with Crippen molar-refractivity contribution in [3.8, 4) is 6.07 Å². The van der Waals surface area contributed by atoms with Crippen LogP contribution in [0.3, 0.4) is 0 Å². The highest BCUT2D eigenvalue weighted by molar-refractivity contribution is 4.90. The van der Waals surface area contributed by atoms with E-state index in [1.807, 2.05) is 6.07 Å². The lowest BCUT2D eigenvalue weighted by atomic mass is 10.2. The summed E-state index contributed by atoms with van der Waals surface area (Å²) in [6.07, 6.45) is -3.01. The van der Waals surface area contributed by atoms with Crippen LogP contribution in [-0.4, -0.2) is 41.0 Å². The van der Waals surface area contributed by atoms with Crippen LogP contribution in [0.2, 0.25) is 0 Å². The van der Waals surface area contributed by atoms with E-state index < -0.39 is 19.1 Å². The van der Waals surface area contributed by atoms with Gasteiger partial charge in [-0.15, -0.1) is 0 Å². The van der Waals surface area contributed by atoms with Gasteiger partial charge >= 0.3 is 0 Å². The molecule has 0 aliphatic heterocycles. The van der Waals surface area contributed by atoms with Gasteiger partial charge in [-0.05, 0) is 0 Å². The van der Waals surface area contributed by atoms with Crippen LogP contribution in [0.15, 0.2) is 4.52 Å². The number of hydrogen-bond donors (Lipinski definition) is 1. The van der Waals surface area contributed by atoms with Crippen LogP contribution in [0.4, 0.5) is 8.78 Å². The van der Waals surface area contributed by atoms with Crippen molar-refractivity contribution >= 4 is 0 Å². The van der Waals surface area contributed by atoms with Crippen LogP contribution in [0.5, 0.6) is 0 Å². The smallest absolute Gasteiger partial charge is 0.261 e. The Labute approximate surface area is 102 Å². The topological polar surface area (TPSA) is 92.2 Å². The van der Waals surface area contributed by atoms with E-state index in [1.54, 1.807) is 0 Å². The molecule has 0 spiro atoms. The third-order valence-electron chi connectivity index (χ3n) is 1.96. The number of hydrogen-bond acceptors (Lipinski definition) is 6. The van der Waals surface area contributed by atoms with Crippen LogP contribution in [0.25, 0.3) is 0 Å². The van der Waals surface area contributed by atoms with E-state index in [-0.39, 0.29) is 31.8 Å². The van der Waals surface area contributed by atoms with Crippen molar-refractivity contribution in [2.75, 3.05) is 13.2 Å². The summed E-state index contributed by atoms with van der Waals surface area (Å²) in [4.78, 5) is 3.93. The second kappa shape index (κ2) is 7.68. The summed E-state index contributed by atoms with van der Waals surface area (Å²) in [5, 5.41) is 21.3. The van der Waals surface area contributed by atoms with E-state index in [0.29, 0.717) is 5.82 Å². The Morgan fingerprint density at radius 3 is 2.94 bits per heavy atom. The highest BCUT2D eigenvalue weighted by Gasteiger charge is 2.12. The molecular weight excluding hydrogens is 248 g/mol. The first kappa shape index (κ1) is 14.5. The predicted octanol–water partition coefficient (Wildman–Crippen LogP) is 0.711. The molecule has 1 atom stereocenters. The van der Waals surface area contributed by atoms with Gasteiger partial charge in [0.25, 0.3) is 6.43 Å². The Balaban J connectivity index is 2.28. The van der Waals surface area contributed by atoms with Crippen LogP contribution >= 0.6 is 0 Å².